The molecule has 0 amide bonds. The average molecular weight is 257 g/mol. The summed E-state index contributed by atoms with van der Waals surface area (Å²) in [6.07, 6.45) is 0. The molecule has 1 aromatic rings. The van der Waals surface area contributed by atoms with Crippen LogP contribution in [0.25, 0.3) is 0 Å². The van der Waals surface area contributed by atoms with Gasteiger partial charge in [-0.15, -0.1) is 0 Å². The molecule has 0 fully saturated rings. The molecular formula is C8H7O2Sb. The normalized spacial score (nSPS) is 14.6. The molecule has 0 atom stereocenters. The van der Waals surface area contributed by atoms with Crippen LogP contribution in [0.1, 0.15) is 0 Å². The Hall–Kier alpha value is -0.362. The molecule has 1 aliphatic rings. The molecule has 0 saturated heterocycles. The molecular weight excluding hydrogens is 250 g/mol. The van der Waals surface area contributed by atoms with Crippen molar-refractivity contribution in [3.8, 4) is 11.5 Å². The van der Waals surface area contributed by atoms with Crippen molar-refractivity contribution in [1.82, 2.24) is 0 Å². The van der Waals surface area contributed by atoms with Crippen molar-refractivity contribution in [2.24, 2.45) is 0 Å². The molecule has 1 aromatic carbocycles. The van der Waals surface area contributed by atoms with Crippen molar-refractivity contribution in [2.45, 2.75) is 0 Å². The summed E-state index contributed by atoms with van der Waals surface area (Å²) in [5, 5.41) is 0. The fourth-order valence-electron chi connectivity index (χ4n) is 1.03. The van der Waals surface area contributed by atoms with Crippen LogP contribution in [0.5, 0.6) is 11.5 Å². The molecule has 0 aliphatic carbocycles. The Labute approximate surface area is 79.0 Å². The zero-order valence-electron chi connectivity index (χ0n) is 5.91. The Morgan fingerprint density at radius 1 is 1.09 bits per heavy atom. The second kappa shape index (κ2) is 2.94. The van der Waals surface area contributed by atoms with Crippen LogP contribution in [-0.2, 0) is 0 Å². The fraction of sp³-hybridized carbons (Fsp3) is 0.250. The third kappa shape index (κ3) is 1.46. The van der Waals surface area contributed by atoms with Gasteiger partial charge in [-0.1, -0.05) is 0 Å². The maximum absolute atomic E-state index is 5.39. The van der Waals surface area contributed by atoms with E-state index in [9.17, 15) is 0 Å². The first-order valence-corrected chi connectivity index (χ1v) is 4.72. The Morgan fingerprint density at radius 2 is 1.82 bits per heavy atom. The van der Waals surface area contributed by atoms with E-state index < -0.39 is 0 Å². The number of hydrogen-bond donors (Lipinski definition) is 0. The second-order valence-electron chi connectivity index (χ2n) is 2.33. The second-order valence-corrected chi connectivity index (χ2v) is 3.80. The predicted octanol–water partition coefficient (Wildman–Crippen LogP) is 0.252. The molecule has 0 aromatic heterocycles. The summed E-state index contributed by atoms with van der Waals surface area (Å²) >= 11 is 1.69. The van der Waals surface area contributed by atoms with Crippen molar-refractivity contribution in [2.75, 3.05) is 13.2 Å². The SMILES string of the molecule is [Sb][c]1ccc2c(c1)OCCO2. The molecule has 56 valence electrons. The molecule has 11 heavy (non-hydrogen) atoms. The Kier molecular flexibility index (Phi) is 1.95. The van der Waals surface area contributed by atoms with E-state index in [-0.39, 0.29) is 0 Å². The van der Waals surface area contributed by atoms with E-state index in [4.69, 9.17) is 9.47 Å². The van der Waals surface area contributed by atoms with E-state index in [1.807, 2.05) is 18.2 Å². The summed E-state index contributed by atoms with van der Waals surface area (Å²) in [6, 6.07) is 6.02. The van der Waals surface area contributed by atoms with Crippen LogP contribution in [-0.4, -0.2) is 36.2 Å². The van der Waals surface area contributed by atoms with Gasteiger partial charge in [0.15, 0.2) is 0 Å². The minimum absolute atomic E-state index is 0.667. The van der Waals surface area contributed by atoms with Gasteiger partial charge in [0, 0.05) is 0 Å². The minimum atomic E-state index is 0.667. The van der Waals surface area contributed by atoms with Crippen molar-refractivity contribution in [3.05, 3.63) is 18.2 Å². The number of ether oxygens (including phenoxy) is 2. The van der Waals surface area contributed by atoms with Crippen molar-refractivity contribution >= 4 is 26.5 Å². The van der Waals surface area contributed by atoms with Gasteiger partial charge in [-0.05, 0) is 0 Å². The Bertz CT molecular complexity index is 273. The van der Waals surface area contributed by atoms with E-state index in [1.54, 1.807) is 23.0 Å². The van der Waals surface area contributed by atoms with Crippen LogP contribution in [0.2, 0.25) is 0 Å². The van der Waals surface area contributed by atoms with Gasteiger partial charge in [0.1, 0.15) is 0 Å². The van der Waals surface area contributed by atoms with Gasteiger partial charge in [0.05, 0.1) is 0 Å². The van der Waals surface area contributed by atoms with Crippen LogP contribution in [0.15, 0.2) is 18.2 Å². The number of benzene rings is 1. The maximum atomic E-state index is 5.39. The standard InChI is InChI=1S/C8H7O2.Sb/c1-2-4-8-7(3-1)9-5-6-10-8;/h1,3-4H,5-6H2;. The van der Waals surface area contributed by atoms with Gasteiger partial charge in [-0.2, -0.15) is 0 Å². The molecule has 0 bridgehead atoms. The molecule has 0 saturated carbocycles. The number of rotatable bonds is 0. The number of fused-ring (bicyclic) bond motifs is 1. The molecule has 2 nitrogen and oxygen atoms in total. The van der Waals surface area contributed by atoms with E-state index in [1.165, 1.54) is 3.51 Å². The Morgan fingerprint density at radius 3 is 2.64 bits per heavy atom. The molecule has 1 aliphatic heterocycles. The molecule has 3 heteroatoms. The van der Waals surface area contributed by atoms with Gasteiger partial charge in [-0.3, -0.25) is 0 Å². The predicted molar refractivity (Wildman–Crippen MR) is 42.8 cm³/mol. The van der Waals surface area contributed by atoms with E-state index in [0.29, 0.717) is 13.2 Å². The van der Waals surface area contributed by atoms with Crippen LogP contribution in [0, 0.1) is 0 Å². The average Bonchev–Trinajstić information content (AvgIpc) is 2.04. The van der Waals surface area contributed by atoms with Crippen LogP contribution < -0.4 is 13.0 Å². The van der Waals surface area contributed by atoms with E-state index in [0.717, 1.165) is 11.5 Å². The van der Waals surface area contributed by atoms with E-state index >= 15 is 0 Å². The number of hydrogen-bond acceptors (Lipinski definition) is 2. The molecule has 0 unspecified atom stereocenters. The summed E-state index contributed by atoms with van der Waals surface area (Å²) in [5.41, 5.74) is 0. The first-order chi connectivity index (χ1) is 5.36. The monoisotopic (exact) mass is 256 g/mol. The molecule has 2 radical (unpaired) electrons. The van der Waals surface area contributed by atoms with Gasteiger partial charge in [-0.25, -0.2) is 0 Å². The third-order valence-electron chi connectivity index (χ3n) is 1.53. The van der Waals surface area contributed by atoms with Crippen molar-refractivity contribution < 1.29 is 9.47 Å². The van der Waals surface area contributed by atoms with Gasteiger partial charge in [0.25, 0.3) is 0 Å². The van der Waals surface area contributed by atoms with Gasteiger partial charge in [0.2, 0.25) is 0 Å². The molecule has 1 heterocycles. The van der Waals surface area contributed by atoms with Gasteiger partial charge < -0.3 is 0 Å². The summed E-state index contributed by atoms with van der Waals surface area (Å²) in [4.78, 5) is 0. The topological polar surface area (TPSA) is 18.5 Å². The van der Waals surface area contributed by atoms with Gasteiger partial charge >= 0.3 is 78.9 Å². The summed E-state index contributed by atoms with van der Waals surface area (Å²) < 4.78 is 12.0. The van der Waals surface area contributed by atoms with Crippen LogP contribution >= 0.6 is 0 Å². The Balaban J connectivity index is 2.43. The summed E-state index contributed by atoms with van der Waals surface area (Å²) in [7, 11) is 0. The first-order valence-electron chi connectivity index (χ1n) is 3.45. The molecule has 0 N–H and O–H groups in total. The quantitative estimate of drug-likeness (QED) is 0.620. The van der Waals surface area contributed by atoms with Crippen LogP contribution in [0.3, 0.4) is 0 Å². The molecule has 2 rings (SSSR count). The summed E-state index contributed by atoms with van der Waals surface area (Å²) in [5.74, 6) is 1.75. The molecule has 0 spiro atoms. The van der Waals surface area contributed by atoms with E-state index in [2.05, 4.69) is 0 Å². The van der Waals surface area contributed by atoms with Crippen molar-refractivity contribution in [3.63, 3.8) is 0 Å². The zero-order valence-corrected chi connectivity index (χ0v) is 8.46. The fourth-order valence-corrected chi connectivity index (χ4v) is 1.58. The first kappa shape index (κ1) is 7.30. The van der Waals surface area contributed by atoms with Crippen LogP contribution in [0.4, 0.5) is 0 Å². The zero-order chi connectivity index (χ0) is 7.68. The van der Waals surface area contributed by atoms with Crippen molar-refractivity contribution in [1.29, 1.82) is 0 Å². The third-order valence-corrected chi connectivity index (χ3v) is 2.32. The summed E-state index contributed by atoms with van der Waals surface area (Å²) in [6.45, 7) is 1.34.